The maximum absolute atomic E-state index is 9.09. The minimum atomic E-state index is 0.401. The zero-order chi connectivity index (χ0) is 11.5. The lowest BCUT2D eigenvalue weighted by Crippen LogP contribution is -2.55. The lowest BCUT2D eigenvalue weighted by Gasteiger charge is -2.41. The molecule has 84 valence electrons. The van der Waals surface area contributed by atoms with Crippen LogP contribution in [0.5, 0.6) is 0 Å². The zero-order valence-corrected chi connectivity index (χ0v) is 9.64. The van der Waals surface area contributed by atoms with Gasteiger partial charge >= 0.3 is 0 Å². The predicted molar refractivity (Wildman–Crippen MR) is 63.2 cm³/mol. The van der Waals surface area contributed by atoms with Gasteiger partial charge in [0.05, 0.1) is 11.3 Å². The summed E-state index contributed by atoms with van der Waals surface area (Å²) in [5.41, 5.74) is 1.65. The van der Waals surface area contributed by atoms with Gasteiger partial charge in [-0.3, -0.25) is 4.98 Å². The predicted octanol–water partition coefficient (Wildman–Crippen LogP) is 1.14. The molecule has 2 unspecified atom stereocenters. The minimum absolute atomic E-state index is 0.401. The van der Waals surface area contributed by atoms with E-state index in [0.29, 0.717) is 17.6 Å². The van der Waals surface area contributed by atoms with Gasteiger partial charge in [0.15, 0.2) is 0 Å². The van der Waals surface area contributed by atoms with Crippen LogP contribution < -0.4 is 10.2 Å². The van der Waals surface area contributed by atoms with Crippen LogP contribution >= 0.6 is 0 Å². The van der Waals surface area contributed by atoms with Crippen LogP contribution in [0, 0.1) is 11.3 Å². The van der Waals surface area contributed by atoms with E-state index < -0.39 is 0 Å². The van der Waals surface area contributed by atoms with E-state index in [-0.39, 0.29) is 0 Å². The first-order valence-electron chi connectivity index (χ1n) is 5.57. The lowest BCUT2D eigenvalue weighted by molar-refractivity contribution is 0.431. The van der Waals surface area contributed by atoms with E-state index >= 15 is 0 Å². The quantitative estimate of drug-likeness (QED) is 0.765. The Balaban J connectivity index is 2.38. The van der Waals surface area contributed by atoms with Gasteiger partial charge in [-0.2, -0.15) is 5.26 Å². The highest BCUT2D eigenvalue weighted by Crippen LogP contribution is 2.24. The smallest absolute Gasteiger partial charge is 0.103 e. The highest BCUT2D eigenvalue weighted by atomic mass is 15.2. The van der Waals surface area contributed by atoms with Crippen LogP contribution in [-0.4, -0.2) is 30.2 Å². The van der Waals surface area contributed by atoms with E-state index in [1.165, 1.54) is 0 Å². The van der Waals surface area contributed by atoms with Gasteiger partial charge in [0.25, 0.3) is 0 Å². The van der Waals surface area contributed by atoms with Crippen LogP contribution in [0.25, 0.3) is 0 Å². The van der Waals surface area contributed by atoms with Crippen molar-refractivity contribution in [3.63, 3.8) is 0 Å². The van der Waals surface area contributed by atoms with Gasteiger partial charge in [-0.15, -0.1) is 0 Å². The van der Waals surface area contributed by atoms with Crippen molar-refractivity contribution in [3.05, 3.63) is 24.0 Å². The second-order valence-corrected chi connectivity index (χ2v) is 4.27. The first kappa shape index (κ1) is 10.9. The second kappa shape index (κ2) is 4.50. The minimum Gasteiger partial charge on any atom is -0.362 e. The molecule has 4 nitrogen and oxygen atoms in total. The summed E-state index contributed by atoms with van der Waals surface area (Å²) in [7, 11) is 0. The fourth-order valence-electron chi connectivity index (χ4n) is 2.31. The SMILES string of the molecule is CC1CNCC(C)N1c1ccncc1C#N. The molecule has 0 amide bonds. The summed E-state index contributed by atoms with van der Waals surface area (Å²) in [6, 6.07) is 4.94. The normalized spacial score (nSPS) is 25.2. The molecule has 2 heterocycles. The molecule has 1 fully saturated rings. The van der Waals surface area contributed by atoms with Crippen molar-refractivity contribution in [2.45, 2.75) is 25.9 Å². The average Bonchev–Trinajstić information content (AvgIpc) is 2.29. The molecule has 0 bridgehead atoms. The highest BCUT2D eigenvalue weighted by molar-refractivity contribution is 5.59. The molecule has 1 saturated heterocycles. The molecule has 4 heteroatoms. The van der Waals surface area contributed by atoms with E-state index in [4.69, 9.17) is 5.26 Å². The molecule has 2 rings (SSSR count). The van der Waals surface area contributed by atoms with E-state index in [0.717, 1.165) is 18.8 Å². The van der Waals surface area contributed by atoms with E-state index in [1.54, 1.807) is 12.4 Å². The summed E-state index contributed by atoms with van der Waals surface area (Å²) in [6.45, 7) is 6.25. The summed E-state index contributed by atoms with van der Waals surface area (Å²) >= 11 is 0. The number of nitrogens with one attached hydrogen (secondary N) is 1. The van der Waals surface area contributed by atoms with Gasteiger partial charge < -0.3 is 10.2 Å². The molecule has 2 atom stereocenters. The molecule has 0 radical (unpaired) electrons. The summed E-state index contributed by atoms with van der Waals surface area (Å²) in [5, 5.41) is 12.5. The van der Waals surface area contributed by atoms with Crippen molar-refractivity contribution in [2.24, 2.45) is 0 Å². The molecule has 0 saturated carbocycles. The molecule has 1 N–H and O–H groups in total. The van der Waals surface area contributed by atoms with E-state index in [9.17, 15) is 0 Å². The third-order valence-corrected chi connectivity index (χ3v) is 3.03. The molecule has 16 heavy (non-hydrogen) atoms. The molecular formula is C12H16N4. The van der Waals surface area contributed by atoms with Crippen molar-refractivity contribution in [2.75, 3.05) is 18.0 Å². The molecule has 0 aromatic carbocycles. The maximum Gasteiger partial charge on any atom is 0.103 e. The molecule has 1 aromatic heterocycles. The van der Waals surface area contributed by atoms with Crippen molar-refractivity contribution < 1.29 is 0 Å². The summed E-state index contributed by atoms with van der Waals surface area (Å²) in [5.74, 6) is 0. The zero-order valence-electron chi connectivity index (χ0n) is 9.64. The maximum atomic E-state index is 9.09. The third kappa shape index (κ3) is 1.86. The Bertz CT molecular complexity index is 400. The van der Waals surface area contributed by atoms with Crippen molar-refractivity contribution in [3.8, 4) is 6.07 Å². The Hall–Kier alpha value is -1.60. The number of rotatable bonds is 1. The fourth-order valence-corrected chi connectivity index (χ4v) is 2.31. The van der Waals surface area contributed by atoms with Gasteiger partial charge in [0.1, 0.15) is 6.07 Å². The number of aromatic nitrogens is 1. The Morgan fingerprint density at radius 3 is 2.75 bits per heavy atom. The van der Waals surface area contributed by atoms with Crippen molar-refractivity contribution in [1.29, 1.82) is 5.26 Å². The molecule has 1 aliphatic rings. The number of pyridine rings is 1. The van der Waals surface area contributed by atoms with Crippen LogP contribution in [-0.2, 0) is 0 Å². The average molecular weight is 216 g/mol. The Kier molecular flexibility index (Phi) is 3.07. The van der Waals surface area contributed by atoms with Gasteiger partial charge in [0.2, 0.25) is 0 Å². The number of piperazine rings is 1. The molecular weight excluding hydrogens is 200 g/mol. The van der Waals surface area contributed by atoms with Gasteiger partial charge in [-0.05, 0) is 19.9 Å². The monoisotopic (exact) mass is 216 g/mol. The van der Waals surface area contributed by atoms with Crippen molar-refractivity contribution >= 4 is 5.69 Å². The van der Waals surface area contributed by atoms with Gasteiger partial charge in [-0.25, -0.2) is 0 Å². The highest BCUT2D eigenvalue weighted by Gasteiger charge is 2.26. The summed E-state index contributed by atoms with van der Waals surface area (Å²) in [4.78, 5) is 6.30. The van der Waals surface area contributed by atoms with Crippen LogP contribution in [0.1, 0.15) is 19.4 Å². The number of nitriles is 1. The first-order valence-corrected chi connectivity index (χ1v) is 5.57. The van der Waals surface area contributed by atoms with Crippen LogP contribution in [0.15, 0.2) is 18.5 Å². The molecule has 1 aliphatic heterocycles. The van der Waals surface area contributed by atoms with Gasteiger partial charge in [0, 0.05) is 37.6 Å². The number of hydrogen-bond donors (Lipinski definition) is 1. The number of anilines is 1. The third-order valence-electron chi connectivity index (χ3n) is 3.03. The second-order valence-electron chi connectivity index (χ2n) is 4.27. The Morgan fingerprint density at radius 1 is 1.44 bits per heavy atom. The topological polar surface area (TPSA) is 52.0 Å². The number of hydrogen-bond acceptors (Lipinski definition) is 4. The van der Waals surface area contributed by atoms with Gasteiger partial charge in [-0.1, -0.05) is 0 Å². The molecule has 0 spiro atoms. The standard InChI is InChI=1S/C12H16N4/c1-9-6-15-7-10(2)16(9)12-3-4-14-8-11(12)5-13/h3-4,8-10,15H,6-7H2,1-2H3. The lowest BCUT2D eigenvalue weighted by atomic mass is 10.1. The Labute approximate surface area is 95.9 Å². The summed E-state index contributed by atoms with van der Waals surface area (Å²) < 4.78 is 0. The fraction of sp³-hybridized carbons (Fsp3) is 0.500. The first-order chi connectivity index (χ1) is 7.74. The van der Waals surface area contributed by atoms with Crippen LogP contribution in [0.4, 0.5) is 5.69 Å². The molecule has 0 aliphatic carbocycles. The number of nitrogens with zero attached hydrogens (tertiary/aromatic N) is 3. The van der Waals surface area contributed by atoms with Crippen LogP contribution in [0.2, 0.25) is 0 Å². The Morgan fingerprint density at radius 2 is 2.12 bits per heavy atom. The largest absolute Gasteiger partial charge is 0.362 e. The van der Waals surface area contributed by atoms with E-state index in [1.807, 2.05) is 6.07 Å². The molecule has 1 aromatic rings. The summed E-state index contributed by atoms with van der Waals surface area (Å²) in [6.07, 6.45) is 3.38. The van der Waals surface area contributed by atoms with Crippen molar-refractivity contribution in [1.82, 2.24) is 10.3 Å². The van der Waals surface area contributed by atoms with Crippen LogP contribution in [0.3, 0.4) is 0 Å². The van der Waals surface area contributed by atoms with E-state index in [2.05, 4.69) is 35.1 Å².